The summed E-state index contributed by atoms with van der Waals surface area (Å²) in [6, 6.07) is 15.5. The normalized spacial score (nSPS) is 23.0. The van der Waals surface area contributed by atoms with Crippen molar-refractivity contribution in [3.8, 4) is 11.1 Å². The second-order valence-corrected chi connectivity index (χ2v) is 9.56. The number of carboxylic acids is 1. The highest BCUT2D eigenvalue weighted by Gasteiger charge is 2.46. The Morgan fingerprint density at radius 2 is 1.66 bits per heavy atom. The van der Waals surface area contributed by atoms with Gasteiger partial charge >= 0.3 is 12.1 Å². The van der Waals surface area contributed by atoms with Crippen LogP contribution in [0.1, 0.15) is 49.1 Å². The summed E-state index contributed by atoms with van der Waals surface area (Å²) in [6.07, 6.45) is 6.84. The van der Waals surface area contributed by atoms with E-state index in [1.807, 2.05) is 24.3 Å². The van der Waals surface area contributed by atoms with E-state index in [-0.39, 0.29) is 36.9 Å². The van der Waals surface area contributed by atoms with Crippen molar-refractivity contribution in [1.82, 2.24) is 10.2 Å². The largest absolute Gasteiger partial charge is 0.480 e. The fourth-order valence-corrected chi connectivity index (χ4v) is 6.04. The third-order valence-electron chi connectivity index (χ3n) is 7.60. The van der Waals surface area contributed by atoms with Crippen LogP contribution in [0.4, 0.5) is 4.79 Å². The Morgan fingerprint density at radius 1 is 1.00 bits per heavy atom. The van der Waals surface area contributed by atoms with Crippen molar-refractivity contribution in [2.75, 3.05) is 13.2 Å². The van der Waals surface area contributed by atoms with Crippen LogP contribution < -0.4 is 5.32 Å². The molecule has 3 aliphatic rings. The molecule has 0 bridgehead atoms. The first-order chi connectivity index (χ1) is 17.0. The molecule has 0 aromatic heterocycles. The Balaban J connectivity index is 1.14. The fraction of sp³-hybridized carbons (Fsp3) is 0.393. The summed E-state index contributed by atoms with van der Waals surface area (Å²) in [5.41, 5.74) is 4.62. The molecule has 182 valence electrons. The molecule has 0 radical (unpaired) electrons. The maximum atomic E-state index is 12.8. The Bertz CT molecular complexity index is 1110. The number of hydrogen-bond donors (Lipinski definition) is 2. The summed E-state index contributed by atoms with van der Waals surface area (Å²) in [5, 5.41) is 12.3. The number of ether oxygens (including phenoxy) is 1. The minimum atomic E-state index is -0.946. The van der Waals surface area contributed by atoms with E-state index in [1.165, 1.54) is 22.1 Å². The number of aliphatic carboxylic acids is 1. The summed E-state index contributed by atoms with van der Waals surface area (Å²) in [6.45, 7) is 0.349. The zero-order chi connectivity index (χ0) is 24.4. The predicted molar refractivity (Wildman–Crippen MR) is 131 cm³/mol. The summed E-state index contributed by atoms with van der Waals surface area (Å²) in [5.74, 6) is -1.00. The van der Waals surface area contributed by atoms with Gasteiger partial charge in [-0.25, -0.2) is 9.59 Å². The third-order valence-corrected chi connectivity index (χ3v) is 7.60. The Morgan fingerprint density at radius 3 is 2.34 bits per heavy atom. The van der Waals surface area contributed by atoms with Gasteiger partial charge in [-0.05, 0) is 47.4 Å². The Kier molecular flexibility index (Phi) is 6.57. The first kappa shape index (κ1) is 23.1. The number of benzene rings is 2. The van der Waals surface area contributed by atoms with Crippen LogP contribution in [0.5, 0.6) is 0 Å². The Hall–Kier alpha value is -3.61. The van der Waals surface area contributed by atoms with Gasteiger partial charge in [-0.2, -0.15) is 0 Å². The smallest absolute Gasteiger partial charge is 0.407 e. The number of amides is 2. The molecule has 3 unspecified atom stereocenters. The van der Waals surface area contributed by atoms with Crippen LogP contribution in [0.15, 0.2) is 60.7 Å². The standard InChI is InChI=1S/C28H30N2O5/c31-26(30-24-13-6-1-8-18(24)16-25(30)27(32)33)14-7-15-29-28(34)35-17-23-21-11-4-2-9-19(21)20-10-3-5-12-22(20)23/h2-5,7,9-12,14,18,23-25H,1,6,8,13,15-17H2,(H,29,34)(H,32,33)/b14-7+. The number of carbonyl (C=O) groups is 3. The van der Waals surface area contributed by atoms with Gasteiger partial charge < -0.3 is 20.1 Å². The highest BCUT2D eigenvalue weighted by Crippen LogP contribution is 2.44. The first-order valence-corrected chi connectivity index (χ1v) is 12.3. The fourth-order valence-electron chi connectivity index (χ4n) is 6.04. The molecule has 1 saturated carbocycles. The molecule has 5 rings (SSSR count). The molecular formula is C28H30N2O5. The molecule has 0 spiro atoms. The van der Waals surface area contributed by atoms with Crippen molar-refractivity contribution >= 4 is 18.0 Å². The van der Waals surface area contributed by atoms with Crippen LogP contribution in [0, 0.1) is 5.92 Å². The molecule has 1 aliphatic heterocycles. The summed E-state index contributed by atoms with van der Waals surface area (Å²) >= 11 is 0. The van der Waals surface area contributed by atoms with Crippen LogP contribution in [0.25, 0.3) is 11.1 Å². The van der Waals surface area contributed by atoms with E-state index < -0.39 is 18.1 Å². The van der Waals surface area contributed by atoms with E-state index in [4.69, 9.17) is 4.74 Å². The van der Waals surface area contributed by atoms with Gasteiger partial charge in [0.15, 0.2) is 0 Å². The van der Waals surface area contributed by atoms with Gasteiger partial charge in [0.05, 0.1) is 0 Å². The number of fused-ring (bicyclic) bond motifs is 4. The minimum absolute atomic E-state index is 0.00269. The second-order valence-electron chi connectivity index (χ2n) is 9.56. The number of nitrogens with zero attached hydrogens (tertiary/aromatic N) is 1. The summed E-state index contributed by atoms with van der Waals surface area (Å²) < 4.78 is 5.51. The molecular weight excluding hydrogens is 444 g/mol. The number of likely N-dealkylation sites (tertiary alicyclic amines) is 1. The molecule has 2 N–H and O–H groups in total. The van der Waals surface area contributed by atoms with Gasteiger partial charge in [-0.1, -0.05) is 67.4 Å². The van der Waals surface area contributed by atoms with Gasteiger partial charge in [0.2, 0.25) is 5.91 Å². The van der Waals surface area contributed by atoms with Crippen LogP contribution in [0.3, 0.4) is 0 Å². The van der Waals surface area contributed by atoms with Crippen LogP contribution >= 0.6 is 0 Å². The predicted octanol–water partition coefficient (Wildman–Crippen LogP) is 4.33. The van der Waals surface area contributed by atoms with E-state index in [0.717, 1.165) is 36.8 Å². The molecule has 7 nitrogen and oxygen atoms in total. The molecule has 2 aliphatic carbocycles. The van der Waals surface area contributed by atoms with Crippen molar-refractivity contribution in [2.24, 2.45) is 5.92 Å². The summed E-state index contributed by atoms with van der Waals surface area (Å²) in [4.78, 5) is 38.4. The molecule has 1 heterocycles. The van der Waals surface area contributed by atoms with Crippen molar-refractivity contribution in [2.45, 2.75) is 50.1 Å². The van der Waals surface area contributed by atoms with Gasteiger partial charge in [-0.15, -0.1) is 0 Å². The molecule has 7 heteroatoms. The summed E-state index contributed by atoms with van der Waals surface area (Å²) in [7, 11) is 0. The monoisotopic (exact) mass is 474 g/mol. The van der Waals surface area contributed by atoms with Crippen LogP contribution in [0.2, 0.25) is 0 Å². The lowest BCUT2D eigenvalue weighted by atomic mass is 9.85. The maximum absolute atomic E-state index is 12.8. The van der Waals surface area contributed by atoms with Crippen molar-refractivity contribution in [3.63, 3.8) is 0 Å². The molecule has 35 heavy (non-hydrogen) atoms. The van der Waals surface area contributed by atoms with E-state index in [1.54, 1.807) is 6.08 Å². The number of carbonyl (C=O) groups excluding carboxylic acids is 2. The lowest BCUT2D eigenvalue weighted by Crippen LogP contribution is -2.45. The number of hydrogen-bond acceptors (Lipinski definition) is 4. The third kappa shape index (κ3) is 4.55. The molecule has 2 amide bonds. The SMILES string of the molecule is O=C(NC/C=C/C(=O)N1C(C(=O)O)CC2CCCCC21)OCC1c2ccccc2-c2ccccc21. The van der Waals surface area contributed by atoms with E-state index >= 15 is 0 Å². The minimum Gasteiger partial charge on any atom is -0.480 e. The van der Waals surface area contributed by atoms with E-state index in [0.29, 0.717) is 6.42 Å². The maximum Gasteiger partial charge on any atom is 0.407 e. The van der Waals surface area contributed by atoms with Crippen LogP contribution in [-0.2, 0) is 14.3 Å². The molecule has 3 atom stereocenters. The zero-order valence-corrected chi connectivity index (χ0v) is 19.6. The second kappa shape index (κ2) is 9.94. The molecule has 1 saturated heterocycles. The topological polar surface area (TPSA) is 95.9 Å². The number of nitrogens with one attached hydrogen (secondary N) is 1. The lowest BCUT2D eigenvalue weighted by molar-refractivity contribution is -0.147. The molecule has 2 aromatic rings. The van der Waals surface area contributed by atoms with Crippen molar-refractivity contribution < 1.29 is 24.2 Å². The number of alkyl carbamates (subject to hydrolysis) is 1. The first-order valence-electron chi connectivity index (χ1n) is 12.3. The van der Waals surface area contributed by atoms with Crippen LogP contribution in [-0.4, -0.2) is 53.2 Å². The van der Waals surface area contributed by atoms with Gasteiger partial charge in [0.1, 0.15) is 12.6 Å². The molecule has 2 fully saturated rings. The van der Waals surface area contributed by atoms with Gasteiger partial charge in [-0.3, -0.25) is 4.79 Å². The van der Waals surface area contributed by atoms with E-state index in [2.05, 4.69) is 29.6 Å². The van der Waals surface area contributed by atoms with Crippen molar-refractivity contribution in [3.05, 3.63) is 71.8 Å². The number of rotatable bonds is 6. The number of carboxylic acid groups (broad SMARTS) is 1. The quantitative estimate of drug-likeness (QED) is 0.608. The lowest BCUT2D eigenvalue weighted by Gasteiger charge is -2.32. The highest BCUT2D eigenvalue weighted by molar-refractivity contribution is 5.92. The van der Waals surface area contributed by atoms with Gasteiger partial charge in [0.25, 0.3) is 0 Å². The zero-order valence-electron chi connectivity index (χ0n) is 19.6. The molecule has 2 aromatic carbocycles. The Labute approximate surface area is 204 Å². The average Bonchev–Trinajstić information content (AvgIpc) is 3.42. The highest BCUT2D eigenvalue weighted by atomic mass is 16.5. The van der Waals surface area contributed by atoms with Crippen molar-refractivity contribution in [1.29, 1.82) is 0 Å². The van der Waals surface area contributed by atoms with Gasteiger partial charge in [0, 0.05) is 24.6 Å². The average molecular weight is 475 g/mol. The van der Waals surface area contributed by atoms with E-state index in [9.17, 15) is 19.5 Å².